The fourth-order valence-electron chi connectivity index (χ4n) is 2.09. The van der Waals surface area contributed by atoms with Crippen LogP contribution < -0.4 is 10.1 Å². The molecule has 0 saturated heterocycles. The monoisotopic (exact) mass is 319 g/mol. The predicted molar refractivity (Wildman–Crippen MR) is 86.3 cm³/mol. The van der Waals surface area contributed by atoms with Gasteiger partial charge in [0.05, 0.1) is 11.6 Å². The highest BCUT2D eigenvalue weighted by atomic mass is 16.5. The molecule has 0 radical (unpaired) electrons. The molecule has 7 nitrogen and oxygen atoms in total. The number of hydrogen-bond acceptors (Lipinski definition) is 5. The smallest absolute Gasteiger partial charge is 0.258 e. The van der Waals surface area contributed by atoms with E-state index in [1.165, 1.54) is 6.33 Å². The van der Waals surface area contributed by atoms with Crippen molar-refractivity contribution in [3.8, 4) is 11.8 Å². The highest BCUT2D eigenvalue weighted by Gasteiger charge is 2.09. The van der Waals surface area contributed by atoms with E-state index < -0.39 is 0 Å². The van der Waals surface area contributed by atoms with Crippen molar-refractivity contribution in [1.82, 2.24) is 15.2 Å². The molecule has 1 aromatic heterocycles. The summed E-state index contributed by atoms with van der Waals surface area (Å²) in [6, 6.07) is 16.1. The van der Waals surface area contributed by atoms with Gasteiger partial charge in [-0.1, -0.05) is 24.3 Å². The first-order valence-electron chi connectivity index (χ1n) is 7.14. The van der Waals surface area contributed by atoms with E-state index in [-0.39, 0.29) is 18.5 Å². The molecule has 2 aromatic carbocycles. The largest absolute Gasteiger partial charge is 0.489 e. The van der Waals surface area contributed by atoms with Crippen LogP contribution in [0.5, 0.6) is 5.75 Å². The summed E-state index contributed by atoms with van der Waals surface area (Å²) in [5.74, 6) is 0.483. The highest BCUT2D eigenvalue weighted by Crippen LogP contribution is 2.17. The number of H-pyrrole nitrogens is 1. The first-order valence-corrected chi connectivity index (χ1v) is 7.14. The zero-order valence-corrected chi connectivity index (χ0v) is 12.6. The van der Waals surface area contributed by atoms with Gasteiger partial charge < -0.3 is 4.74 Å². The maximum absolute atomic E-state index is 12.1. The third-order valence-corrected chi connectivity index (χ3v) is 3.28. The third-order valence-electron chi connectivity index (χ3n) is 3.28. The molecule has 0 aliphatic rings. The molecule has 2 N–H and O–H groups in total. The Bertz CT molecular complexity index is 884. The number of aromatic nitrogens is 3. The van der Waals surface area contributed by atoms with Crippen LogP contribution in [0.15, 0.2) is 54.9 Å². The van der Waals surface area contributed by atoms with Gasteiger partial charge in [0.1, 0.15) is 18.7 Å². The molecule has 7 heteroatoms. The van der Waals surface area contributed by atoms with Crippen molar-refractivity contribution in [2.45, 2.75) is 6.61 Å². The van der Waals surface area contributed by atoms with Crippen LogP contribution in [-0.2, 0) is 6.61 Å². The van der Waals surface area contributed by atoms with Crippen molar-refractivity contribution in [3.63, 3.8) is 0 Å². The summed E-state index contributed by atoms with van der Waals surface area (Å²) in [6.07, 6.45) is 1.31. The molecule has 0 spiro atoms. The molecule has 1 amide bonds. The SMILES string of the molecule is N#Cc1ccccc1COc1cccc(C(=O)Nc2ncn[nH]2)c1. The van der Waals surface area contributed by atoms with Gasteiger partial charge in [-0.05, 0) is 24.3 Å². The van der Waals surface area contributed by atoms with Crippen LogP contribution in [0.3, 0.4) is 0 Å². The van der Waals surface area contributed by atoms with Gasteiger partial charge in [0.15, 0.2) is 0 Å². The number of hydrogen-bond donors (Lipinski definition) is 2. The third kappa shape index (κ3) is 3.56. The van der Waals surface area contributed by atoms with Crippen molar-refractivity contribution in [2.24, 2.45) is 0 Å². The highest BCUT2D eigenvalue weighted by molar-refractivity contribution is 6.03. The van der Waals surface area contributed by atoms with Crippen molar-refractivity contribution >= 4 is 11.9 Å². The number of carbonyl (C=O) groups excluding carboxylic acids is 1. The van der Waals surface area contributed by atoms with Crippen molar-refractivity contribution in [3.05, 3.63) is 71.5 Å². The molecule has 0 bridgehead atoms. The molecule has 0 aliphatic carbocycles. The van der Waals surface area contributed by atoms with E-state index in [0.29, 0.717) is 16.9 Å². The Morgan fingerprint density at radius 3 is 2.92 bits per heavy atom. The molecular formula is C17H13N5O2. The fourth-order valence-corrected chi connectivity index (χ4v) is 2.09. The number of rotatable bonds is 5. The fraction of sp³-hybridized carbons (Fsp3) is 0.0588. The number of nitriles is 1. The van der Waals surface area contributed by atoms with Gasteiger partial charge in [0.25, 0.3) is 5.91 Å². The normalized spacial score (nSPS) is 9.96. The minimum absolute atomic E-state index is 0.247. The van der Waals surface area contributed by atoms with Gasteiger partial charge in [-0.15, -0.1) is 0 Å². The lowest BCUT2D eigenvalue weighted by molar-refractivity contribution is 0.102. The molecule has 0 aliphatic heterocycles. The zero-order chi connectivity index (χ0) is 16.8. The van der Waals surface area contributed by atoms with Crippen LogP contribution in [0.4, 0.5) is 5.95 Å². The first kappa shape index (κ1) is 15.2. The van der Waals surface area contributed by atoms with Gasteiger partial charge in [-0.2, -0.15) is 15.3 Å². The number of amides is 1. The Morgan fingerprint density at radius 2 is 2.12 bits per heavy atom. The van der Waals surface area contributed by atoms with E-state index in [1.54, 1.807) is 36.4 Å². The standard InChI is InChI=1S/C17H13N5O2/c18-9-13-4-1-2-5-14(13)10-24-15-7-3-6-12(8-15)16(23)21-17-19-11-20-22-17/h1-8,11H,10H2,(H2,19,20,21,22,23). The van der Waals surface area contributed by atoms with E-state index in [1.807, 2.05) is 12.1 Å². The molecule has 0 saturated carbocycles. The summed E-state index contributed by atoms with van der Waals surface area (Å²) < 4.78 is 5.69. The topological polar surface area (TPSA) is 104 Å². The van der Waals surface area contributed by atoms with Gasteiger partial charge in [0.2, 0.25) is 5.95 Å². The molecule has 3 rings (SSSR count). The minimum Gasteiger partial charge on any atom is -0.489 e. The number of anilines is 1. The summed E-state index contributed by atoms with van der Waals surface area (Å²) in [5, 5.41) is 17.9. The van der Waals surface area contributed by atoms with Crippen molar-refractivity contribution in [2.75, 3.05) is 5.32 Å². The molecular weight excluding hydrogens is 306 g/mol. The number of aromatic amines is 1. The van der Waals surface area contributed by atoms with Crippen LogP contribution in [0, 0.1) is 11.3 Å². The van der Waals surface area contributed by atoms with Crippen molar-refractivity contribution in [1.29, 1.82) is 5.26 Å². The molecule has 0 atom stereocenters. The van der Waals surface area contributed by atoms with E-state index in [9.17, 15) is 4.79 Å². The van der Waals surface area contributed by atoms with Crippen molar-refractivity contribution < 1.29 is 9.53 Å². The summed E-state index contributed by atoms with van der Waals surface area (Å²) in [7, 11) is 0. The summed E-state index contributed by atoms with van der Waals surface area (Å²) in [5.41, 5.74) is 1.78. The minimum atomic E-state index is -0.324. The van der Waals surface area contributed by atoms with E-state index >= 15 is 0 Å². The summed E-state index contributed by atoms with van der Waals surface area (Å²) in [4.78, 5) is 16.0. The average molecular weight is 319 g/mol. The van der Waals surface area contributed by atoms with Gasteiger partial charge in [0, 0.05) is 11.1 Å². The molecule has 24 heavy (non-hydrogen) atoms. The van der Waals surface area contributed by atoms with E-state index in [4.69, 9.17) is 10.00 Å². The van der Waals surface area contributed by atoms with Gasteiger partial charge >= 0.3 is 0 Å². The second-order valence-corrected chi connectivity index (χ2v) is 4.87. The quantitative estimate of drug-likeness (QED) is 0.752. The zero-order valence-electron chi connectivity index (χ0n) is 12.6. The Labute approximate surface area is 137 Å². The predicted octanol–water partition coefficient (Wildman–Crippen LogP) is 2.51. The Kier molecular flexibility index (Phi) is 4.49. The Morgan fingerprint density at radius 1 is 1.25 bits per heavy atom. The van der Waals surface area contributed by atoms with E-state index in [2.05, 4.69) is 26.6 Å². The molecule has 118 valence electrons. The molecule has 0 fully saturated rings. The molecule has 1 heterocycles. The average Bonchev–Trinajstić information content (AvgIpc) is 3.13. The number of carbonyl (C=O) groups is 1. The molecule has 3 aromatic rings. The van der Waals surface area contributed by atoms with Crippen LogP contribution in [0.25, 0.3) is 0 Å². The first-order chi connectivity index (χ1) is 11.8. The van der Waals surface area contributed by atoms with Crippen LogP contribution in [0.1, 0.15) is 21.5 Å². The lowest BCUT2D eigenvalue weighted by atomic mass is 10.1. The second-order valence-electron chi connectivity index (χ2n) is 4.87. The van der Waals surface area contributed by atoms with Gasteiger partial charge in [-0.25, -0.2) is 5.10 Å². The van der Waals surface area contributed by atoms with Crippen LogP contribution in [-0.4, -0.2) is 21.1 Å². The lowest BCUT2D eigenvalue weighted by Crippen LogP contribution is -2.13. The van der Waals surface area contributed by atoms with Gasteiger partial charge in [-0.3, -0.25) is 10.1 Å². The molecule has 0 unspecified atom stereocenters. The maximum Gasteiger partial charge on any atom is 0.258 e. The van der Waals surface area contributed by atoms with Crippen LogP contribution in [0.2, 0.25) is 0 Å². The Balaban J connectivity index is 1.69. The second kappa shape index (κ2) is 7.07. The summed E-state index contributed by atoms with van der Waals surface area (Å²) >= 11 is 0. The van der Waals surface area contributed by atoms with E-state index in [0.717, 1.165) is 5.56 Å². The lowest BCUT2D eigenvalue weighted by Gasteiger charge is -2.09. The maximum atomic E-state index is 12.1. The number of nitrogens with zero attached hydrogens (tertiary/aromatic N) is 3. The Hall–Kier alpha value is -3.66. The number of benzene rings is 2. The number of nitrogens with one attached hydrogen (secondary N) is 2. The summed E-state index contributed by atoms with van der Waals surface area (Å²) in [6.45, 7) is 0.247. The van der Waals surface area contributed by atoms with Crippen LogP contribution >= 0.6 is 0 Å². The number of ether oxygens (including phenoxy) is 1.